The van der Waals surface area contributed by atoms with Crippen molar-refractivity contribution in [3.8, 4) is 0 Å². The number of nitrogens with zero attached hydrogens (tertiary/aromatic N) is 1. The van der Waals surface area contributed by atoms with Crippen molar-refractivity contribution in [2.24, 2.45) is 4.99 Å². The molecule has 0 atom stereocenters. The van der Waals surface area contributed by atoms with Gasteiger partial charge in [-0.3, -0.25) is 5.48 Å². The Kier molecular flexibility index (Phi) is 2.85. The van der Waals surface area contributed by atoms with Crippen LogP contribution in [0.2, 0.25) is 0 Å². The third kappa shape index (κ3) is 2.34. The molecule has 17 heavy (non-hydrogen) atoms. The Labute approximate surface area is 102 Å². The van der Waals surface area contributed by atoms with Crippen molar-refractivity contribution < 1.29 is 4.84 Å². The fourth-order valence-electron chi connectivity index (χ4n) is 2.63. The SMILES string of the molecule is c1ccc(CC2=NC3(CCCCC3)ON2)cc1. The molecule has 1 aliphatic heterocycles. The number of benzene rings is 1. The maximum Gasteiger partial charge on any atom is 0.187 e. The first-order chi connectivity index (χ1) is 8.36. The fourth-order valence-corrected chi connectivity index (χ4v) is 2.63. The van der Waals surface area contributed by atoms with Gasteiger partial charge in [-0.2, -0.15) is 0 Å². The third-order valence-electron chi connectivity index (χ3n) is 3.55. The largest absolute Gasteiger partial charge is 0.250 e. The van der Waals surface area contributed by atoms with Crippen LogP contribution in [0.15, 0.2) is 35.3 Å². The molecule has 1 heterocycles. The van der Waals surface area contributed by atoms with Crippen molar-refractivity contribution in [2.75, 3.05) is 0 Å². The van der Waals surface area contributed by atoms with Gasteiger partial charge in [-0.25, -0.2) is 9.83 Å². The predicted molar refractivity (Wildman–Crippen MR) is 67.6 cm³/mol. The highest BCUT2D eigenvalue weighted by atomic mass is 16.7. The predicted octanol–water partition coefficient (Wildman–Crippen LogP) is 2.82. The summed E-state index contributed by atoms with van der Waals surface area (Å²) in [6, 6.07) is 10.4. The molecule has 0 bridgehead atoms. The zero-order valence-electron chi connectivity index (χ0n) is 9.98. The van der Waals surface area contributed by atoms with Gasteiger partial charge in [0.05, 0.1) is 0 Å². The Balaban J connectivity index is 1.71. The van der Waals surface area contributed by atoms with Crippen LogP contribution in [-0.2, 0) is 11.3 Å². The average Bonchev–Trinajstić information content (AvgIpc) is 2.74. The van der Waals surface area contributed by atoms with Gasteiger partial charge in [0.15, 0.2) is 5.72 Å². The molecule has 0 aromatic heterocycles. The molecule has 1 aromatic rings. The van der Waals surface area contributed by atoms with Crippen molar-refractivity contribution in [1.29, 1.82) is 0 Å². The average molecular weight is 230 g/mol. The van der Waals surface area contributed by atoms with Gasteiger partial charge < -0.3 is 0 Å². The number of rotatable bonds is 2. The van der Waals surface area contributed by atoms with Gasteiger partial charge in [-0.15, -0.1) is 0 Å². The van der Waals surface area contributed by atoms with Gasteiger partial charge in [-0.05, 0) is 31.2 Å². The molecule has 1 aromatic carbocycles. The summed E-state index contributed by atoms with van der Waals surface area (Å²) in [4.78, 5) is 10.5. The van der Waals surface area contributed by atoms with Gasteiger partial charge in [0.2, 0.25) is 0 Å². The Bertz CT molecular complexity index is 407. The number of amidine groups is 1. The van der Waals surface area contributed by atoms with Crippen molar-refractivity contribution in [3.05, 3.63) is 35.9 Å². The molecule has 0 amide bonds. The van der Waals surface area contributed by atoms with Gasteiger partial charge in [0.25, 0.3) is 0 Å². The van der Waals surface area contributed by atoms with E-state index in [-0.39, 0.29) is 5.72 Å². The second-order valence-electron chi connectivity index (χ2n) is 4.93. The van der Waals surface area contributed by atoms with Crippen molar-refractivity contribution >= 4 is 5.84 Å². The van der Waals surface area contributed by atoms with E-state index in [1.165, 1.54) is 24.8 Å². The van der Waals surface area contributed by atoms with E-state index in [0.29, 0.717) is 0 Å². The van der Waals surface area contributed by atoms with Crippen LogP contribution >= 0.6 is 0 Å². The molecular formula is C14H18N2O. The standard InChI is InChI=1S/C14H18N2O/c1-3-7-12(8-4-1)11-13-15-14(17-16-13)9-5-2-6-10-14/h1,3-4,7-8H,2,5-6,9-11H2,(H,15,16). The van der Waals surface area contributed by atoms with Crippen LogP contribution in [0.1, 0.15) is 37.7 Å². The normalized spacial score (nSPS) is 22.2. The molecule has 3 nitrogen and oxygen atoms in total. The van der Waals surface area contributed by atoms with Crippen LogP contribution < -0.4 is 5.48 Å². The lowest BCUT2D eigenvalue weighted by Gasteiger charge is -2.27. The van der Waals surface area contributed by atoms with Gasteiger partial charge >= 0.3 is 0 Å². The molecule has 1 aliphatic carbocycles. The molecular weight excluding hydrogens is 212 g/mol. The van der Waals surface area contributed by atoms with E-state index in [4.69, 9.17) is 9.83 Å². The highest BCUT2D eigenvalue weighted by molar-refractivity contribution is 5.84. The Morgan fingerprint density at radius 1 is 1.12 bits per heavy atom. The Morgan fingerprint density at radius 2 is 1.88 bits per heavy atom. The summed E-state index contributed by atoms with van der Waals surface area (Å²) in [6.45, 7) is 0. The molecule has 0 unspecified atom stereocenters. The summed E-state index contributed by atoms with van der Waals surface area (Å²) in [5.41, 5.74) is 4.04. The molecule has 90 valence electrons. The van der Waals surface area contributed by atoms with E-state index in [1.807, 2.05) is 6.07 Å². The first-order valence-corrected chi connectivity index (χ1v) is 6.43. The van der Waals surface area contributed by atoms with Crippen LogP contribution in [0.3, 0.4) is 0 Å². The van der Waals surface area contributed by atoms with Crippen LogP contribution in [-0.4, -0.2) is 11.6 Å². The molecule has 2 aliphatic rings. The van der Waals surface area contributed by atoms with E-state index in [2.05, 4.69) is 29.7 Å². The fraction of sp³-hybridized carbons (Fsp3) is 0.500. The van der Waals surface area contributed by atoms with E-state index < -0.39 is 0 Å². The van der Waals surface area contributed by atoms with E-state index in [1.54, 1.807) is 0 Å². The summed E-state index contributed by atoms with van der Waals surface area (Å²) in [6.07, 6.45) is 6.71. The van der Waals surface area contributed by atoms with Crippen molar-refractivity contribution in [3.63, 3.8) is 0 Å². The molecule has 3 heteroatoms. The summed E-state index contributed by atoms with van der Waals surface area (Å²) in [7, 11) is 0. The second-order valence-corrected chi connectivity index (χ2v) is 4.93. The number of nitrogens with one attached hydrogen (secondary N) is 1. The minimum Gasteiger partial charge on any atom is -0.250 e. The lowest BCUT2D eigenvalue weighted by molar-refractivity contribution is -0.0765. The third-order valence-corrected chi connectivity index (χ3v) is 3.55. The van der Waals surface area contributed by atoms with Crippen molar-refractivity contribution in [1.82, 2.24) is 5.48 Å². The molecule has 1 fully saturated rings. The van der Waals surface area contributed by atoms with Crippen LogP contribution in [0.5, 0.6) is 0 Å². The summed E-state index contributed by atoms with van der Waals surface area (Å²) in [5.74, 6) is 0.970. The van der Waals surface area contributed by atoms with Gasteiger partial charge in [0.1, 0.15) is 5.84 Å². The highest BCUT2D eigenvalue weighted by Crippen LogP contribution is 2.34. The zero-order valence-corrected chi connectivity index (χ0v) is 9.98. The second kappa shape index (κ2) is 4.49. The first kappa shape index (κ1) is 10.8. The number of hydrogen-bond donors (Lipinski definition) is 1. The lowest BCUT2D eigenvalue weighted by Crippen LogP contribution is -2.32. The Hall–Kier alpha value is -1.35. The number of aliphatic imine (C=N–C) groups is 1. The smallest absolute Gasteiger partial charge is 0.187 e. The van der Waals surface area contributed by atoms with Crippen LogP contribution in [0.25, 0.3) is 0 Å². The quantitative estimate of drug-likeness (QED) is 0.847. The monoisotopic (exact) mass is 230 g/mol. The zero-order chi connectivity index (χ0) is 11.6. The van der Waals surface area contributed by atoms with Gasteiger partial charge in [-0.1, -0.05) is 36.8 Å². The topological polar surface area (TPSA) is 33.6 Å². The molecule has 0 radical (unpaired) electrons. The summed E-state index contributed by atoms with van der Waals surface area (Å²) >= 11 is 0. The van der Waals surface area contributed by atoms with Crippen LogP contribution in [0.4, 0.5) is 0 Å². The molecule has 1 spiro atoms. The maximum atomic E-state index is 5.71. The molecule has 3 rings (SSSR count). The maximum absolute atomic E-state index is 5.71. The number of hydrogen-bond acceptors (Lipinski definition) is 3. The minimum atomic E-state index is -0.248. The number of hydroxylamine groups is 1. The molecule has 1 saturated carbocycles. The Morgan fingerprint density at radius 3 is 2.65 bits per heavy atom. The lowest BCUT2D eigenvalue weighted by atomic mass is 9.92. The molecule has 1 N–H and O–H groups in total. The van der Waals surface area contributed by atoms with Crippen LogP contribution in [0, 0.1) is 0 Å². The van der Waals surface area contributed by atoms with E-state index >= 15 is 0 Å². The first-order valence-electron chi connectivity index (χ1n) is 6.43. The van der Waals surface area contributed by atoms with Gasteiger partial charge in [0, 0.05) is 6.42 Å². The summed E-state index contributed by atoms with van der Waals surface area (Å²) < 4.78 is 0. The van der Waals surface area contributed by atoms with E-state index in [0.717, 1.165) is 25.1 Å². The highest BCUT2D eigenvalue weighted by Gasteiger charge is 2.37. The van der Waals surface area contributed by atoms with E-state index in [9.17, 15) is 0 Å². The minimum absolute atomic E-state index is 0.248. The molecule has 0 saturated heterocycles. The summed E-state index contributed by atoms with van der Waals surface area (Å²) in [5, 5.41) is 0. The van der Waals surface area contributed by atoms with Crippen molar-refractivity contribution in [2.45, 2.75) is 44.2 Å².